The van der Waals surface area contributed by atoms with E-state index < -0.39 is 0 Å². The Hall–Kier alpha value is -2.63. The fourth-order valence-electron chi connectivity index (χ4n) is 3.48. The lowest BCUT2D eigenvalue weighted by atomic mass is 9.84. The van der Waals surface area contributed by atoms with Crippen molar-refractivity contribution in [1.29, 1.82) is 0 Å². The summed E-state index contributed by atoms with van der Waals surface area (Å²) in [5.41, 5.74) is 0.826. The highest BCUT2D eigenvalue weighted by atomic mass is 19.1. The van der Waals surface area contributed by atoms with Crippen molar-refractivity contribution < 1.29 is 18.4 Å². The van der Waals surface area contributed by atoms with Crippen molar-refractivity contribution in [3.05, 3.63) is 59.8 Å². The van der Waals surface area contributed by atoms with Crippen molar-refractivity contribution in [3.63, 3.8) is 0 Å². The second-order valence-electron chi connectivity index (χ2n) is 8.20. The molecule has 0 aliphatic heterocycles. The van der Waals surface area contributed by atoms with Gasteiger partial charge in [-0.2, -0.15) is 0 Å². The lowest BCUT2D eigenvalue weighted by molar-refractivity contribution is -0.145. The van der Waals surface area contributed by atoms with Crippen LogP contribution in [0.15, 0.2) is 47.1 Å². The number of furan rings is 1. The van der Waals surface area contributed by atoms with Gasteiger partial charge in [0.15, 0.2) is 0 Å². The van der Waals surface area contributed by atoms with Crippen LogP contribution in [0.3, 0.4) is 0 Å². The van der Waals surface area contributed by atoms with Gasteiger partial charge >= 0.3 is 0 Å². The van der Waals surface area contributed by atoms with Crippen LogP contribution in [0, 0.1) is 17.7 Å². The lowest BCUT2D eigenvalue weighted by Crippen LogP contribution is -2.47. The number of carbonyl (C=O) groups excluding carboxylic acids is 2. The van der Waals surface area contributed by atoms with E-state index >= 15 is 0 Å². The average molecular weight is 400 g/mol. The molecule has 3 rings (SSSR count). The Bertz CT molecular complexity index is 798. The first-order valence-electron chi connectivity index (χ1n) is 10.3. The number of benzene rings is 1. The van der Waals surface area contributed by atoms with Gasteiger partial charge in [-0.1, -0.05) is 32.4 Å². The molecule has 1 fully saturated rings. The van der Waals surface area contributed by atoms with E-state index in [2.05, 4.69) is 0 Å². The van der Waals surface area contributed by atoms with Crippen molar-refractivity contribution in [3.8, 4) is 0 Å². The molecule has 156 valence electrons. The normalized spacial score (nSPS) is 13.9. The van der Waals surface area contributed by atoms with Crippen LogP contribution >= 0.6 is 0 Å². The van der Waals surface area contributed by atoms with Crippen molar-refractivity contribution in [2.45, 2.75) is 46.2 Å². The molecule has 5 nitrogen and oxygen atoms in total. The maximum absolute atomic E-state index is 13.2. The maximum Gasteiger partial charge on any atom is 0.242 e. The van der Waals surface area contributed by atoms with E-state index in [1.165, 1.54) is 12.1 Å². The molecular weight excluding hydrogens is 371 g/mol. The molecule has 0 N–H and O–H groups in total. The minimum Gasteiger partial charge on any atom is -0.467 e. The second kappa shape index (κ2) is 9.72. The van der Waals surface area contributed by atoms with E-state index in [4.69, 9.17) is 4.42 Å². The molecule has 0 saturated heterocycles. The van der Waals surface area contributed by atoms with Crippen LogP contribution in [0.5, 0.6) is 0 Å². The summed E-state index contributed by atoms with van der Waals surface area (Å²) in [6, 6.07) is 9.70. The fourth-order valence-corrected chi connectivity index (χ4v) is 3.48. The number of nitrogens with zero attached hydrogens (tertiary/aromatic N) is 2. The van der Waals surface area contributed by atoms with Crippen molar-refractivity contribution in [2.75, 3.05) is 13.1 Å². The third-order valence-electron chi connectivity index (χ3n) is 5.24. The number of rotatable bonds is 9. The van der Waals surface area contributed by atoms with Crippen LogP contribution in [0.2, 0.25) is 0 Å². The molecule has 0 radical (unpaired) electrons. The molecule has 2 amide bonds. The van der Waals surface area contributed by atoms with Crippen LogP contribution in [0.1, 0.15) is 44.4 Å². The Labute approximate surface area is 171 Å². The summed E-state index contributed by atoms with van der Waals surface area (Å²) in [6.07, 6.45) is 4.47. The Balaban J connectivity index is 1.73. The monoisotopic (exact) mass is 400 g/mol. The lowest BCUT2D eigenvalue weighted by Gasteiger charge is -2.33. The Morgan fingerprint density at radius 1 is 1.10 bits per heavy atom. The summed E-state index contributed by atoms with van der Waals surface area (Å²) in [5, 5.41) is 0. The number of amides is 2. The van der Waals surface area contributed by atoms with Crippen LogP contribution < -0.4 is 0 Å². The van der Waals surface area contributed by atoms with Gasteiger partial charge < -0.3 is 14.2 Å². The molecule has 0 atom stereocenters. The van der Waals surface area contributed by atoms with E-state index in [1.54, 1.807) is 34.3 Å². The zero-order chi connectivity index (χ0) is 20.8. The summed E-state index contributed by atoms with van der Waals surface area (Å²) in [7, 11) is 0. The van der Waals surface area contributed by atoms with Gasteiger partial charge in [-0.05, 0) is 48.6 Å². The number of hydrogen-bond donors (Lipinski definition) is 0. The van der Waals surface area contributed by atoms with Crippen LogP contribution in [0.25, 0.3) is 0 Å². The zero-order valence-corrected chi connectivity index (χ0v) is 17.1. The number of carbonyl (C=O) groups is 2. The maximum atomic E-state index is 13.2. The van der Waals surface area contributed by atoms with Gasteiger partial charge in [0.05, 0.1) is 19.4 Å². The molecule has 1 saturated carbocycles. The third-order valence-corrected chi connectivity index (χ3v) is 5.24. The summed E-state index contributed by atoms with van der Waals surface area (Å²) < 4.78 is 18.7. The van der Waals surface area contributed by atoms with Gasteiger partial charge in [-0.15, -0.1) is 0 Å². The van der Waals surface area contributed by atoms with Crippen molar-refractivity contribution in [1.82, 2.24) is 9.80 Å². The molecule has 29 heavy (non-hydrogen) atoms. The van der Waals surface area contributed by atoms with Crippen LogP contribution in [-0.2, 0) is 22.7 Å². The molecule has 1 heterocycles. The van der Waals surface area contributed by atoms with Gasteiger partial charge in [0, 0.05) is 19.0 Å². The molecule has 1 aliphatic carbocycles. The van der Waals surface area contributed by atoms with Crippen molar-refractivity contribution >= 4 is 11.8 Å². The largest absolute Gasteiger partial charge is 0.467 e. The molecule has 0 unspecified atom stereocenters. The summed E-state index contributed by atoms with van der Waals surface area (Å²) in [6.45, 7) is 5.33. The first kappa shape index (κ1) is 21.1. The number of hydrogen-bond acceptors (Lipinski definition) is 3. The van der Waals surface area contributed by atoms with Crippen LogP contribution in [0.4, 0.5) is 4.39 Å². The van der Waals surface area contributed by atoms with E-state index in [-0.39, 0.29) is 36.0 Å². The van der Waals surface area contributed by atoms with Gasteiger partial charge in [0.2, 0.25) is 11.8 Å². The average Bonchev–Trinajstić information content (AvgIpc) is 3.13. The van der Waals surface area contributed by atoms with E-state index in [1.807, 2.05) is 19.9 Å². The topological polar surface area (TPSA) is 53.8 Å². The number of halogens is 1. The minimum absolute atomic E-state index is 0.0510. The summed E-state index contributed by atoms with van der Waals surface area (Å²) >= 11 is 0. The van der Waals surface area contributed by atoms with E-state index in [9.17, 15) is 14.0 Å². The van der Waals surface area contributed by atoms with Crippen molar-refractivity contribution in [2.24, 2.45) is 11.8 Å². The first-order chi connectivity index (χ1) is 13.9. The highest BCUT2D eigenvalue weighted by molar-refractivity contribution is 5.86. The highest BCUT2D eigenvalue weighted by Gasteiger charge is 2.31. The molecule has 1 aromatic heterocycles. The van der Waals surface area contributed by atoms with Gasteiger partial charge in [-0.25, -0.2) is 4.39 Å². The van der Waals surface area contributed by atoms with E-state index in [0.29, 0.717) is 25.4 Å². The van der Waals surface area contributed by atoms with Gasteiger partial charge in [-0.3, -0.25) is 9.59 Å². The Morgan fingerprint density at radius 3 is 2.38 bits per heavy atom. The second-order valence-corrected chi connectivity index (χ2v) is 8.20. The minimum atomic E-state index is -0.313. The molecule has 0 spiro atoms. The molecule has 1 aliphatic rings. The molecule has 2 aromatic rings. The quantitative estimate of drug-likeness (QED) is 0.633. The molecular formula is C23H29FN2O3. The first-order valence-corrected chi connectivity index (χ1v) is 10.3. The standard InChI is InChI=1S/C23H29FN2O3/c1-17(2)13-26(23(28)19-5-3-6-19)16-22(27)25(15-21-7-4-12-29-21)14-18-8-10-20(24)11-9-18/h4,7-12,17,19H,3,5-6,13-16H2,1-2H3. The zero-order valence-electron chi connectivity index (χ0n) is 17.1. The third kappa shape index (κ3) is 5.92. The van der Waals surface area contributed by atoms with Crippen LogP contribution in [-0.4, -0.2) is 34.7 Å². The van der Waals surface area contributed by atoms with Gasteiger partial charge in [0.1, 0.15) is 11.6 Å². The fraction of sp³-hybridized carbons (Fsp3) is 0.478. The summed E-state index contributed by atoms with van der Waals surface area (Å²) in [5.74, 6) is 0.629. The Morgan fingerprint density at radius 2 is 1.83 bits per heavy atom. The smallest absolute Gasteiger partial charge is 0.242 e. The van der Waals surface area contributed by atoms with Gasteiger partial charge in [0.25, 0.3) is 0 Å². The molecule has 6 heteroatoms. The van der Waals surface area contributed by atoms with E-state index in [0.717, 1.165) is 24.8 Å². The summed E-state index contributed by atoms with van der Waals surface area (Å²) in [4.78, 5) is 29.4. The molecule has 0 bridgehead atoms. The molecule has 1 aromatic carbocycles. The predicted molar refractivity (Wildman–Crippen MR) is 108 cm³/mol. The Kier molecular flexibility index (Phi) is 7.07. The highest BCUT2D eigenvalue weighted by Crippen LogP contribution is 2.28. The predicted octanol–water partition coefficient (Wildman–Crippen LogP) is 4.23. The SMILES string of the molecule is CC(C)CN(CC(=O)N(Cc1ccc(F)cc1)Cc1ccco1)C(=O)C1CCC1.